The smallest absolute Gasteiger partial charge is 0.311 e. The van der Waals surface area contributed by atoms with Crippen molar-refractivity contribution in [1.29, 1.82) is 0 Å². The predicted octanol–water partition coefficient (Wildman–Crippen LogP) is 2.86. The van der Waals surface area contributed by atoms with Gasteiger partial charge >= 0.3 is 5.97 Å². The largest absolute Gasteiger partial charge is 0.466 e. The van der Waals surface area contributed by atoms with Gasteiger partial charge in [-0.3, -0.25) is 9.69 Å². The van der Waals surface area contributed by atoms with Gasteiger partial charge in [-0.25, -0.2) is 0 Å². The SMILES string of the molecule is CCOC(=O)[C@@H]1[C@@H]2CCC[C@@H]2C=C[C@@H]1N(CC)CC. The first-order valence-electron chi connectivity index (χ1n) is 7.81. The molecule has 19 heavy (non-hydrogen) atoms. The average Bonchev–Trinajstić information content (AvgIpc) is 2.88. The normalized spacial score (nSPS) is 33.5. The van der Waals surface area contributed by atoms with Crippen LogP contribution in [0.3, 0.4) is 0 Å². The second kappa shape index (κ2) is 6.56. The lowest BCUT2D eigenvalue weighted by Gasteiger charge is -2.40. The number of nitrogens with zero attached hydrogens (tertiary/aromatic N) is 1. The zero-order valence-corrected chi connectivity index (χ0v) is 12.5. The van der Waals surface area contributed by atoms with Gasteiger partial charge in [0.1, 0.15) is 0 Å². The second-order valence-electron chi connectivity index (χ2n) is 5.63. The number of allylic oxidation sites excluding steroid dienone is 1. The van der Waals surface area contributed by atoms with Crippen LogP contribution in [0.15, 0.2) is 12.2 Å². The second-order valence-corrected chi connectivity index (χ2v) is 5.63. The lowest BCUT2D eigenvalue weighted by atomic mass is 9.74. The molecule has 0 bridgehead atoms. The highest BCUT2D eigenvalue weighted by Crippen LogP contribution is 2.44. The van der Waals surface area contributed by atoms with Crippen LogP contribution in [-0.4, -0.2) is 36.6 Å². The van der Waals surface area contributed by atoms with Crippen LogP contribution in [0.2, 0.25) is 0 Å². The molecule has 0 heterocycles. The van der Waals surface area contributed by atoms with Gasteiger partial charge in [0.25, 0.3) is 0 Å². The van der Waals surface area contributed by atoms with Crippen LogP contribution in [0.25, 0.3) is 0 Å². The number of hydrogen-bond acceptors (Lipinski definition) is 3. The first kappa shape index (κ1) is 14.6. The molecule has 0 N–H and O–H groups in total. The van der Waals surface area contributed by atoms with E-state index in [0.717, 1.165) is 13.1 Å². The summed E-state index contributed by atoms with van der Waals surface area (Å²) >= 11 is 0. The Morgan fingerprint density at radius 2 is 1.95 bits per heavy atom. The molecular formula is C16H27NO2. The van der Waals surface area contributed by atoms with Crippen LogP contribution in [0.5, 0.6) is 0 Å². The first-order valence-corrected chi connectivity index (χ1v) is 7.81. The molecule has 0 amide bonds. The van der Waals surface area contributed by atoms with Gasteiger partial charge in [-0.05, 0) is 44.7 Å². The molecule has 3 nitrogen and oxygen atoms in total. The Bertz CT molecular complexity index is 336. The predicted molar refractivity (Wildman–Crippen MR) is 76.8 cm³/mol. The highest BCUT2D eigenvalue weighted by molar-refractivity contribution is 5.74. The summed E-state index contributed by atoms with van der Waals surface area (Å²) in [7, 11) is 0. The maximum absolute atomic E-state index is 12.4. The van der Waals surface area contributed by atoms with E-state index in [9.17, 15) is 4.79 Å². The Hall–Kier alpha value is -0.830. The van der Waals surface area contributed by atoms with Gasteiger partial charge in [0.2, 0.25) is 0 Å². The van der Waals surface area contributed by atoms with Crippen LogP contribution in [0.1, 0.15) is 40.0 Å². The fraction of sp³-hybridized carbons (Fsp3) is 0.812. The van der Waals surface area contributed by atoms with Crippen molar-refractivity contribution in [3.8, 4) is 0 Å². The molecule has 1 saturated carbocycles. The molecular weight excluding hydrogens is 238 g/mol. The topological polar surface area (TPSA) is 29.5 Å². The van der Waals surface area contributed by atoms with Crippen molar-refractivity contribution >= 4 is 5.97 Å². The van der Waals surface area contributed by atoms with Crippen molar-refractivity contribution in [2.45, 2.75) is 46.1 Å². The fourth-order valence-electron chi connectivity index (χ4n) is 3.88. The number of rotatable bonds is 5. The van der Waals surface area contributed by atoms with Gasteiger partial charge in [0.15, 0.2) is 0 Å². The zero-order chi connectivity index (χ0) is 13.8. The summed E-state index contributed by atoms with van der Waals surface area (Å²) < 4.78 is 5.36. The Balaban J connectivity index is 2.23. The lowest BCUT2D eigenvalue weighted by Crippen LogP contribution is -2.48. The maximum atomic E-state index is 12.4. The summed E-state index contributed by atoms with van der Waals surface area (Å²) in [6.45, 7) is 8.69. The highest BCUT2D eigenvalue weighted by Gasteiger charge is 2.45. The van der Waals surface area contributed by atoms with Gasteiger partial charge in [-0.2, -0.15) is 0 Å². The van der Waals surface area contributed by atoms with Crippen LogP contribution >= 0.6 is 0 Å². The Labute approximate surface area is 117 Å². The van der Waals surface area contributed by atoms with E-state index >= 15 is 0 Å². The minimum atomic E-state index is 0.0145. The van der Waals surface area contributed by atoms with E-state index in [0.29, 0.717) is 18.4 Å². The Morgan fingerprint density at radius 1 is 1.21 bits per heavy atom. The molecule has 0 aromatic rings. The van der Waals surface area contributed by atoms with Crippen molar-refractivity contribution in [3.63, 3.8) is 0 Å². The van der Waals surface area contributed by atoms with E-state index in [-0.39, 0.29) is 17.9 Å². The number of carbonyl (C=O) groups excluding carboxylic acids is 1. The number of likely N-dealkylation sites (N-methyl/N-ethyl adjacent to an activating group) is 1. The molecule has 0 spiro atoms. The molecule has 0 aromatic heterocycles. The molecule has 0 aliphatic heterocycles. The third kappa shape index (κ3) is 2.86. The summed E-state index contributed by atoms with van der Waals surface area (Å²) in [6, 6.07) is 0.230. The van der Waals surface area contributed by atoms with Gasteiger partial charge in [0, 0.05) is 6.04 Å². The maximum Gasteiger partial charge on any atom is 0.311 e. The van der Waals surface area contributed by atoms with E-state index in [4.69, 9.17) is 4.74 Å². The summed E-state index contributed by atoms with van der Waals surface area (Å²) in [5.41, 5.74) is 0. The van der Waals surface area contributed by atoms with Crippen molar-refractivity contribution < 1.29 is 9.53 Å². The average molecular weight is 265 g/mol. The fourth-order valence-corrected chi connectivity index (χ4v) is 3.88. The monoisotopic (exact) mass is 265 g/mol. The van der Waals surface area contributed by atoms with E-state index < -0.39 is 0 Å². The third-order valence-electron chi connectivity index (χ3n) is 4.80. The number of ether oxygens (including phenoxy) is 1. The minimum Gasteiger partial charge on any atom is -0.466 e. The number of hydrogen-bond donors (Lipinski definition) is 0. The first-order chi connectivity index (χ1) is 9.22. The van der Waals surface area contributed by atoms with Crippen molar-refractivity contribution in [3.05, 3.63) is 12.2 Å². The Morgan fingerprint density at radius 3 is 2.58 bits per heavy atom. The molecule has 0 unspecified atom stereocenters. The molecule has 0 saturated heterocycles. The summed E-state index contributed by atoms with van der Waals surface area (Å²) in [5, 5.41) is 0. The van der Waals surface area contributed by atoms with Gasteiger partial charge in [-0.1, -0.05) is 32.4 Å². The Kier molecular flexibility index (Phi) is 5.03. The molecule has 108 valence electrons. The number of carbonyl (C=O) groups is 1. The van der Waals surface area contributed by atoms with E-state index in [2.05, 4.69) is 30.9 Å². The molecule has 4 atom stereocenters. The molecule has 2 aliphatic rings. The van der Waals surface area contributed by atoms with E-state index in [1.165, 1.54) is 19.3 Å². The van der Waals surface area contributed by atoms with Crippen LogP contribution in [0, 0.1) is 17.8 Å². The molecule has 2 rings (SSSR count). The summed E-state index contributed by atoms with van der Waals surface area (Å²) in [5.74, 6) is 1.15. The van der Waals surface area contributed by atoms with E-state index in [1.54, 1.807) is 0 Å². The van der Waals surface area contributed by atoms with Gasteiger partial charge < -0.3 is 4.74 Å². The van der Waals surface area contributed by atoms with Crippen LogP contribution in [0.4, 0.5) is 0 Å². The third-order valence-corrected chi connectivity index (χ3v) is 4.80. The lowest BCUT2D eigenvalue weighted by molar-refractivity contribution is -0.153. The van der Waals surface area contributed by atoms with Crippen LogP contribution in [-0.2, 0) is 9.53 Å². The molecule has 0 aromatic carbocycles. The number of fused-ring (bicyclic) bond motifs is 1. The van der Waals surface area contributed by atoms with Crippen molar-refractivity contribution in [1.82, 2.24) is 4.90 Å². The van der Waals surface area contributed by atoms with Crippen LogP contribution < -0.4 is 0 Å². The van der Waals surface area contributed by atoms with Crippen molar-refractivity contribution in [2.24, 2.45) is 17.8 Å². The van der Waals surface area contributed by atoms with Gasteiger partial charge in [0.05, 0.1) is 12.5 Å². The minimum absolute atomic E-state index is 0.0145. The molecule has 0 radical (unpaired) electrons. The number of esters is 1. The standard InChI is InChI=1S/C16H27NO2/c1-4-17(5-2)14-11-10-12-8-7-9-13(12)15(14)16(18)19-6-3/h10-15H,4-9H2,1-3H3/t12-,13-,14+,15-/m1/s1. The summed E-state index contributed by atoms with van der Waals surface area (Å²) in [6.07, 6.45) is 8.29. The molecule has 3 heteroatoms. The van der Waals surface area contributed by atoms with E-state index in [1.807, 2.05) is 6.92 Å². The quantitative estimate of drug-likeness (QED) is 0.565. The molecule has 2 aliphatic carbocycles. The van der Waals surface area contributed by atoms with Gasteiger partial charge in [-0.15, -0.1) is 0 Å². The summed E-state index contributed by atoms with van der Waals surface area (Å²) in [4.78, 5) is 14.8. The molecule has 1 fully saturated rings. The van der Waals surface area contributed by atoms with Crippen molar-refractivity contribution in [2.75, 3.05) is 19.7 Å². The highest BCUT2D eigenvalue weighted by atomic mass is 16.5. The zero-order valence-electron chi connectivity index (χ0n) is 12.5.